The summed E-state index contributed by atoms with van der Waals surface area (Å²) in [4.78, 5) is 2.49. The fraction of sp³-hybridized carbons (Fsp3) is 0.571. The number of hydrogen-bond donors (Lipinski definition) is 1. The molecule has 3 heteroatoms. The third kappa shape index (κ3) is 3.20. The Bertz CT molecular complexity index is 377. The zero-order valence-corrected chi connectivity index (χ0v) is 10.8. The molecular weight excluding hydrogens is 212 g/mol. The predicted molar refractivity (Wildman–Crippen MR) is 70.1 cm³/mol. The van der Waals surface area contributed by atoms with Crippen molar-refractivity contribution in [1.29, 1.82) is 0 Å². The van der Waals surface area contributed by atoms with Gasteiger partial charge in [-0.15, -0.1) is 6.58 Å². The molecule has 0 unspecified atom stereocenters. The molecule has 1 atom stereocenters. The Labute approximate surface area is 103 Å². The van der Waals surface area contributed by atoms with E-state index >= 15 is 0 Å². The minimum Gasteiger partial charge on any atom is -0.465 e. The molecule has 0 aromatic carbocycles. The lowest BCUT2D eigenvalue weighted by Gasteiger charge is -2.34. The van der Waals surface area contributed by atoms with Gasteiger partial charge >= 0.3 is 0 Å². The monoisotopic (exact) mass is 234 g/mol. The fourth-order valence-electron chi connectivity index (χ4n) is 2.37. The predicted octanol–water partition coefficient (Wildman–Crippen LogP) is 2.50. The van der Waals surface area contributed by atoms with Crippen LogP contribution in [0.1, 0.15) is 30.9 Å². The van der Waals surface area contributed by atoms with Gasteiger partial charge in [0.1, 0.15) is 11.5 Å². The van der Waals surface area contributed by atoms with Crippen LogP contribution in [0.25, 0.3) is 0 Å². The van der Waals surface area contributed by atoms with Gasteiger partial charge in [0.2, 0.25) is 0 Å². The molecule has 0 amide bonds. The van der Waals surface area contributed by atoms with Gasteiger partial charge < -0.3 is 9.73 Å². The second-order valence-corrected chi connectivity index (χ2v) is 4.91. The fourth-order valence-corrected chi connectivity index (χ4v) is 2.37. The van der Waals surface area contributed by atoms with E-state index in [2.05, 4.69) is 29.8 Å². The number of rotatable bonds is 4. The summed E-state index contributed by atoms with van der Waals surface area (Å²) in [7, 11) is 0. The van der Waals surface area contributed by atoms with Crippen molar-refractivity contribution in [2.24, 2.45) is 0 Å². The number of nitrogens with zero attached hydrogens (tertiary/aromatic N) is 1. The lowest BCUT2D eigenvalue weighted by Crippen LogP contribution is -2.45. The van der Waals surface area contributed by atoms with Crippen LogP contribution in [-0.4, -0.2) is 31.1 Å². The van der Waals surface area contributed by atoms with Crippen molar-refractivity contribution in [1.82, 2.24) is 10.2 Å². The third-order valence-corrected chi connectivity index (χ3v) is 3.22. The van der Waals surface area contributed by atoms with Crippen molar-refractivity contribution in [3.05, 3.63) is 35.8 Å². The van der Waals surface area contributed by atoms with Crippen LogP contribution in [0.15, 0.2) is 28.7 Å². The minimum absolute atomic E-state index is 0.350. The zero-order chi connectivity index (χ0) is 12.3. The lowest BCUT2D eigenvalue weighted by atomic mass is 10.0. The first-order valence-corrected chi connectivity index (χ1v) is 6.32. The van der Waals surface area contributed by atoms with E-state index in [0.29, 0.717) is 6.04 Å². The summed E-state index contributed by atoms with van der Waals surface area (Å²) >= 11 is 0. The summed E-state index contributed by atoms with van der Waals surface area (Å²) < 4.78 is 5.80. The molecule has 0 aliphatic carbocycles. The highest BCUT2D eigenvalue weighted by Gasteiger charge is 2.24. The maximum atomic E-state index is 5.80. The van der Waals surface area contributed by atoms with Gasteiger partial charge in [-0.25, -0.2) is 0 Å². The molecule has 17 heavy (non-hydrogen) atoms. The first-order valence-electron chi connectivity index (χ1n) is 6.32. The van der Waals surface area contributed by atoms with E-state index in [9.17, 15) is 0 Å². The van der Waals surface area contributed by atoms with Crippen molar-refractivity contribution in [3.8, 4) is 0 Å². The molecule has 1 aliphatic rings. The maximum absolute atomic E-state index is 5.80. The summed E-state index contributed by atoms with van der Waals surface area (Å²) in [6.45, 7) is 12.4. The Kier molecular flexibility index (Phi) is 4.02. The number of hydrogen-bond acceptors (Lipinski definition) is 3. The smallest absolute Gasteiger partial charge is 0.121 e. The summed E-state index contributed by atoms with van der Waals surface area (Å²) in [5.74, 6) is 2.06. The van der Waals surface area contributed by atoms with Crippen molar-refractivity contribution >= 4 is 0 Å². The molecule has 94 valence electrons. The van der Waals surface area contributed by atoms with Gasteiger partial charge in [-0.3, -0.25) is 4.90 Å². The molecule has 1 N–H and O–H groups in total. The van der Waals surface area contributed by atoms with Gasteiger partial charge in [-0.1, -0.05) is 5.57 Å². The molecule has 2 heterocycles. The van der Waals surface area contributed by atoms with E-state index in [1.165, 1.54) is 5.57 Å². The van der Waals surface area contributed by atoms with E-state index in [1.54, 1.807) is 0 Å². The van der Waals surface area contributed by atoms with Crippen molar-refractivity contribution in [3.63, 3.8) is 0 Å². The summed E-state index contributed by atoms with van der Waals surface area (Å²) in [6, 6.07) is 4.50. The van der Waals surface area contributed by atoms with Gasteiger partial charge in [0.05, 0.1) is 6.04 Å². The van der Waals surface area contributed by atoms with Crippen LogP contribution in [0, 0.1) is 6.92 Å². The number of aryl methyl sites for hydroxylation is 1. The van der Waals surface area contributed by atoms with Crippen molar-refractivity contribution in [2.75, 3.05) is 26.2 Å². The van der Waals surface area contributed by atoms with Gasteiger partial charge in [-0.05, 0) is 32.4 Å². The Morgan fingerprint density at radius 1 is 1.47 bits per heavy atom. The molecule has 0 bridgehead atoms. The lowest BCUT2D eigenvalue weighted by molar-refractivity contribution is 0.152. The normalized spacial score (nSPS) is 19.2. The number of nitrogens with one attached hydrogen (secondary N) is 1. The van der Waals surface area contributed by atoms with Crippen LogP contribution < -0.4 is 5.32 Å². The molecule has 3 nitrogen and oxygen atoms in total. The van der Waals surface area contributed by atoms with Crippen LogP contribution in [0.3, 0.4) is 0 Å². The van der Waals surface area contributed by atoms with E-state index in [0.717, 1.165) is 44.1 Å². The van der Waals surface area contributed by atoms with Crippen LogP contribution in [0.5, 0.6) is 0 Å². The second kappa shape index (κ2) is 5.52. The topological polar surface area (TPSA) is 28.4 Å². The molecule has 1 aliphatic heterocycles. The molecule has 0 saturated carbocycles. The van der Waals surface area contributed by atoms with E-state index in [4.69, 9.17) is 4.42 Å². The Hall–Kier alpha value is -1.06. The number of furan rings is 1. The van der Waals surface area contributed by atoms with Gasteiger partial charge in [0.15, 0.2) is 0 Å². The second-order valence-electron chi connectivity index (χ2n) is 4.91. The van der Waals surface area contributed by atoms with Crippen LogP contribution in [0.4, 0.5) is 0 Å². The highest BCUT2D eigenvalue weighted by Crippen LogP contribution is 2.28. The molecule has 1 aromatic rings. The Morgan fingerprint density at radius 2 is 2.18 bits per heavy atom. The standard InChI is InChI=1S/C14H22N2O/c1-11(2)10-13(14-5-4-12(3)17-14)16-8-6-15-7-9-16/h4-5,13,15H,1,6-10H2,2-3H3/t13-/m0/s1. The van der Waals surface area contributed by atoms with E-state index < -0.39 is 0 Å². The van der Waals surface area contributed by atoms with E-state index in [-0.39, 0.29) is 0 Å². The Morgan fingerprint density at radius 3 is 2.71 bits per heavy atom. The first kappa shape index (κ1) is 12.4. The van der Waals surface area contributed by atoms with Crippen molar-refractivity contribution < 1.29 is 4.42 Å². The van der Waals surface area contributed by atoms with Crippen molar-refractivity contribution in [2.45, 2.75) is 26.3 Å². The molecule has 1 fully saturated rings. The molecule has 0 radical (unpaired) electrons. The third-order valence-electron chi connectivity index (χ3n) is 3.22. The summed E-state index contributed by atoms with van der Waals surface area (Å²) in [6.07, 6.45) is 0.979. The van der Waals surface area contributed by atoms with Crippen LogP contribution in [0.2, 0.25) is 0 Å². The molecule has 2 rings (SSSR count). The van der Waals surface area contributed by atoms with Gasteiger partial charge in [-0.2, -0.15) is 0 Å². The highest BCUT2D eigenvalue weighted by molar-refractivity contribution is 5.13. The van der Waals surface area contributed by atoms with Crippen LogP contribution in [-0.2, 0) is 0 Å². The molecular formula is C14H22N2O. The Balaban J connectivity index is 2.14. The highest BCUT2D eigenvalue weighted by atomic mass is 16.3. The summed E-state index contributed by atoms with van der Waals surface area (Å²) in [5, 5.41) is 3.38. The minimum atomic E-state index is 0.350. The quantitative estimate of drug-likeness (QED) is 0.811. The maximum Gasteiger partial charge on any atom is 0.121 e. The molecule has 0 spiro atoms. The average Bonchev–Trinajstić information content (AvgIpc) is 2.73. The van der Waals surface area contributed by atoms with Crippen LogP contribution >= 0.6 is 0 Å². The first-order chi connectivity index (χ1) is 8.16. The molecule has 1 aromatic heterocycles. The zero-order valence-electron chi connectivity index (χ0n) is 10.8. The molecule has 1 saturated heterocycles. The van der Waals surface area contributed by atoms with Gasteiger partial charge in [0.25, 0.3) is 0 Å². The largest absolute Gasteiger partial charge is 0.465 e. The summed E-state index contributed by atoms with van der Waals surface area (Å²) in [5.41, 5.74) is 1.21. The average molecular weight is 234 g/mol. The van der Waals surface area contributed by atoms with Gasteiger partial charge in [0, 0.05) is 26.2 Å². The van der Waals surface area contributed by atoms with E-state index in [1.807, 2.05) is 13.0 Å². The number of piperazine rings is 1. The SMILES string of the molecule is C=C(C)C[C@@H](c1ccc(C)o1)N1CCNCC1.